The van der Waals surface area contributed by atoms with Crippen molar-refractivity contribution >= 4 is 0 Å². The van der Waals surface area contributed by atoms with Gasteiger partial charge in [0.1, 0.15) is 0 Å². The predicted molar refractivity (Wildman–Crippen MR) is 45.0 cm³/mol. The lowest BCUT2D eigenvalue weighted by molar-refractivity contribution is -0.0174. The van der Waals surface area contributed by atoms with Gasteiger partial charge in [0, 0.05) is 13.5 Å². The van der Waals surface area contributed by atoms with E-state index in [0.29, 0.717) is 12.2 Å². The Kier molecular flexibility index (Phi) is 2.94. The zero-order chi connectivity index (χ0) is 9.90. The first-order chi connectivity index (χ1) is 6.03. The summed E-state index contributed by atoms with van der Waals surface area (Å²) in [4.78, 5) is 1.36. The Balaban J connectivity index is 2.57. The summed E-state index contributed by atoms with van der Waals surface area (Å²) in [6.07, 6.45) is 0.342. The van der Waals surface area contributed by atoms with Gasteiger partial charge in [-0.25, -0.2) is 0 Å². The lowest BCUT2D eigenvalue weighted by atomic mass is 10.0. The van der Waals surface area contributed by atoms with Crippen LogP contribution in [-0.2, 0) is 18.2 Å². The van der Waals surface area contributed by atoms with Gasteiger partial charge in [0.25, 0.3) is 0 Å². The van der Waals surface area contributed by atoms with Crippen molar-refractivity contribution in [1.29, 1.82) is 0 Å². The summed E-state index contributed by atoms with van der Waals surface area (Å²) in [5.41, 5.74) is -0.933. The smallest absolute Gasteiger partial charge is 0.177 e. The molecule has 0 bridgehead atoms. The van der Waals surface area contributed by atoms with Gasteiger partial charge in [-0.2, -0.15) is 4.80 Å². The number of ether oxygens (including phenoxy) is 1. The molecule has 1 aromatic heterocycles. The van der Waals surface area contributed by atoms with Crippen LogP contribution in [0.2, 0.25) is 0 Å². The Morgan fingerprint density at radius 1 is 1.62 bits per heavy atom. The average Bonchev–Trinajstić information content (AvgIpc) is 2.34. The summed E-state index contributed by atoms with van der Waals surface area (Å²) in [6.45, 7) is 1.93. The van der Waals surface area contributed by atoms with E-state index in [9.17, 15) is 5.11 Å². The maximum atomic E-state index is 9.74. The monoisotopic (exact) mass is 186 g/mol. The van der Waals surface area contributed by atoms with E-state index in [-0.39, 0.29) is 6.61 Å². The van der Waals surface area contributed by atoms with Gasteiger partial charge in [0.2, 0.25) is 0 Å². The number of aromatic nitrogens is 4. The molecule has 0 amide bonds. The van der Waals surface area contributed by atoms with Gasteiger partial charge in [0.05, 0.1) is 19.3 Å². The Hall–Kier alpha value is -1.01. The fourth-order valence-corrected chi connectivity index (χ4v) is 1.10. The lowest BCUT2D eigenvalue weighted by Gasteiger charge is -2.19. The van der Waals surface area contributed by atoms with Crippen LogP contribution in [0.15, 0.2) is 0 Å². The maximum Gasteiger partial charge on any atom is 0.177 e. The first kappa shape index (κ1) is 10.1. The number of methoxy groups -OCH3 is 1. The predicted octanol–water partition coefficient (Wildman–Crippen LogP) is -0.850. The molecule has 1 heterocycles. The summed E-state index contributed by atoms with van der Waals surface area (Å²) in [5.74, 6) is 0.518. The molecule has 0 aliphatic heterocycles. The van der Waals surface area contributed by atoms with Crippen molar-refractivity contribution < 1.29 is 9.84 Å². The number of rotatable bonds is 4. The van der Waals surface area contributed by atoms with Crippen molar-refractivity contribution in [3.8, 4) is 0 Å². The first-order valence-corrected chi connectivity index (χ1v) is 3.98. The van der Waals surface area contributed by atoms with Gasteiger partial charge in [-0.1, -0.05) is 0 Å². The highest BCUT2D eigenvalue weighted by molar-refractivity contribution is 4.88. The second kappa shape index (κ2) is 3.80. The number of hydrogen-bond acceptors (Lipinski definition) is 5. The molecule has 0 spiro atoms. The van der Waals surface area contributed by atoms with E-state index >= 15 is 0 Å². The molecule has 1 N–H and O–H groups in total. The topological polar surface area (TPSA) is 73.1 Å². The highest BCUT2D eigenvalue weighted by atomic mass is 16.5. The lowest BCUT2D eigenvalue weighted by Crippen LogP contribution is -2.33. The molecule has 0 radical (unpaired) electrons. The molecule has 0 fully saturated rings. The molecule has 13 heavy (non-hydrogen) atoms. The van der Waals surface area contributed by atoms with E-state index in [1.54, 1.807) is 21.1 Å². The highest BCUT2D eigenvalue weighted by Crippen LogP contribution is 2.08. The van der Waals surface area contributed by atoms with Crippen molar-refractivity contribution in [3.05, 3.63) is 5.82 Å². The summed E-state index contributed by atoms with van der Waals surface area (Å²) in [6, 6.07) is 0. The van der Waals surface area contributed by atoms with Gasteiger partial charge >= 0.3 is 0 Å². The molecule has 0 saturated heterocycles. The number of hydrogen-bond donors (Lipinski definition) is 1. The Morgan fingerprint density at radius 2 is 2.31 bits per heavy atom. The zero-order valence-electron chi connectivity index (χ0n) is 8.06. The second-order valence-corrected chi connectivity index (χ2v) is 3.30. The van der Waals surface area contributed by atoms with E-state index in [4.69, 9.17) is 4.74 Å². The van der Waals surface area contributed by atoms with E-state index in [0.717, 1.165) is 0 Å². The molecule has 6 heteroatoms. The minimum absolute atomic E-state index is 0.255. The third kappa shape index (κ3) is 3.08. The number of aryl methyl sites for hydroxylation is 1. The van der Waals surface area contributed by atoms with E-state index in [1.165, 1.54) is 4.80 Å². The van der Waals surface area contributed by atoms with Gasteiger partial charge in [-0.15, -0.1) is 10.2 Å². The van der Waals surface area contributed by atoms with Crippen LogP contribution in [-0.4, -0.2) is 44.6 Å². The van der Waals surface area contributed by atoms with E-state index in [1.807, 2.05) is 0 Å². The molecule has 0 saturated carbocycles. The fourth-order valence-electron chi connectivity index (χ4n) is 1.10. The van der Waals surface area contributed by atoms with Crippen molar-refractivity contribution in [2.24, 2.45) is 7.05 Å². The Bertz CT molecular complexity index is 271. The average molecular weight is 186 g/mol. The largest absolute Gasteiger partial charge is 0.387 e. The molecule has 0 aromatic carbocycles. The molecule has 1 unspecified atom stereocenters. The molecule has 74 valence electrons. The quantitative estimate of drug-likeness (QED) is 0.663. The van der Waals surface area contributed by atoms with Gasteiger partial charge < -0.3 is 9.84 Å². The van der Waals surface area contributed by atoms with Gasteiger partial charge in [-0.05, 0) is 12.1 Å². The molecule has 1 rings (SSSR count). The van der Waals surface area contributed by atoms with E-state index < -0.39 is 5.60 Å². The number of tetrazole rings is 1. The fraction of sp³-hybridized carbons (Fsp3) is 0.857. The third-order valence-corrected chi connectivity index (χ3v) is 1.54. The Morgan fingerprint density at radius 3 is 2.77 bits per heavy atom. The van der Waals surface area contributed by atoms with Crippen LogP contribution in [0.25, 0.3) is 0 Å². The second-order valence-electron chi connectivity index (χ2n) is 3.30. The maximum absolute atomic E-state index is 9.74. The van der Waals surface area contributed by atoms with Crippen LogP contribution in [0.4, 0.5) is 0 Å². The van der Waals surface area contributed by atoms with Crippen molar-refractivity contribution in [1.82, 2.24) is 20.2 Å². The summed E-state index contributed by atoms with van der Waals surface area (Å²) in [5, 5.41) is 21.1. The molecule has 1 aromatic rings. The summed E-state index contributed by atoms with van der Waals surface area (Å²) in [7, 11) is 3.22. The van der Waals surface area contributed by atoms with Crippen LogP contribution in [0.3, 0.4) is 0 Å². The van der Waals surface area contributed by atoms with Crippen LogP contribution >= 0.6 is 0 Å². The van der Waals surface area contributed by atoms with Crippen molar-refractivity contribution in [3.63, 3.8) is 0 Å². The highest BCUT2D eigenvalue weighted by Gasteiger charge is 2.23. The summed E-state index contributed by atoms with van der Waals surface area (Å²) < 4.78 is 4.85. The van der Waals surface area contributed by atoms with Crippen LogP contribution in [0.5, 0.6) is 0 Å². The third-order valence-electron chi connectivity index (χ3n) is 1.54. The standard InChI is InChI=1S/C7H14N4O2/c1-7(12,5-13-3)4-6-8-10-11(2)9-6/h12H,4-5H2,1-3H3. The van der Waals surface area contributed by atoms with Crippen molar-refractivity contribution in [2.75, 3.05) is 13.7 Å². The molecule has 6 nitrogen and oxygen atoms in total. The molecular weight excluding hydrogens is 172 g/mol. The molecule has 1 atom stereocenters. The molecular formula is C7H14N4O2. The first-order valence-electron chi connectivity index (χ1n) is 3.98. The number of nitrogens with zero attached hydrogens (tertiary/aromatic N) is 4. The summed E-state index contributed by atoms with van der Waals surface area (Å²) >= 11 is 0. The number of aliphatic hydroxyl groups is 1. The SMILES string of the molecule is COCC(C)(O)Cc1nnn(C)n1. The van der Waals surface area contributed by atoms with Gasteiger partial charge in [-0.3, -0.25) is 0 Å². The molecule has 0 aliphatic rings. The zero-order valence-corrected chi connectivity index (χ0v) is 8.06. The van der Waals surface area contributed by atoms with Gasteiger partial charge in [0.15, 0.2) is 5.82 Å². The van der Waals surface area contributed by atoms with E-state index in [2.05, 4.69) is 15.4 Å². The van der Waals surface area contributed by atoms with Crippen molar-refractivity contribution in [2.45, 2.75) is 18.9 Å². The molecule has 0 aliphatic carbocycles. The van der Waals surface area contributed by atoms with Crippen LogP contribution < -0.4 is 0 Å². The Labute approximate surface area is 76.5 Å². The van der Waals surface area contributed by atoms with Crippen LogP contribution in [0, 0.1) is 0 Å². The minimum atomic E-state index is -0.933. The van der Waals surface area contributed by atoms with Crippen LogP contribution in [0.1, 0.15) is 12.7 Å². The normalized spacial score (nSPS) is 15.7. The minimum Gasteiger partial charge on any atom is -0.387 e.